The quantitative estimate of drug-likeness (QED) is 0.614. The molecular weight excluding hydrogens is 389 g/mol. The molecule has 2 heterocycles. The minimum Gasteiger partial charge on any atom is -0.493 e. The molecule has 30 heavy (non-hydrogen) atoms. The van der Waals surface area contributed by atoms with Crippen LogP contribution in [0, 0.1) is 5.82 Å². The maximum atomic E-state index is 13.1. The van der Waals surface area contributed by atoms with Crippen molar-refractivity contribution >= 4 is 5.91 Å². The summed E-state index contributed by atoms with van der Waals surface area (Å²) >= 11 is 0. The van der Waals surface area contributed by atoms with Crippen LogP contribution in [0.25, 0.3) is 11.4 Å². The Bertz CT molecular complexity index is 1040. The summed E-state index contributed by atoms with van der Waals surface area (Å²) in [6.07, 6.45) is 1.81. The molecule has 1 atom stereocenters. The number of rotatable bonds is 6. The van der Waals surface area contributed by atoms with Crippen molar-refractivity contribution in [2.24, 2.45) is 0 Å². The molecule has 7 nitrogen and oxygen atoms in total. The lowest BCUT2D eigenvalue weighted by atomic mass is 10.1. The first-order valence-corrected chi connectivity index (χ1v) is 9.69. The van der Waals surface area contributed by atoms with Crippen LogP contribution >= 0.6 is 0 Å². The number of ether oxygens (including phenoxy) is 2. The second-order valence-corrected chi connectivity index (χ2v) is 7.07. The Kier molecular flexibility index (Phi) is 5.65. The van der Waals surface area contributed by atoms with Crippen molar-refractivity contribution in [1.82, 2.24) is 15.0 Å². The van der Waals surface area contributed by atoms with Gasteiger partial charge in [0.15, 0.2) is 11.5 Å². The fourth-order valence-electron chi connectivity index (χ4n) is 3.66. The van der Waals surface area contributed by atoms with Gasteiger partial charge in [0.05, 0.1) is 20.6 Å². The first-order chi connectivity index (χ1) is 14.6. The van der Waals surface area contributed by atoms with Crippen LogP contribution in [0.15, 0.2) is 47.0 Å². The zero-order chi connectivity index (χ0) is 21.1. The number of likely N-dealkylation sites (tertiary alicyclic amines) is 1. The van der Waals surface area contributed by atoms with E-state index in [1.807, 2.05) is 6.07 Å². The zero-order valence-electron chi connectivity index (χ0n) is 16.8. The van der Waals surface area contributed by atoms with Gasteiger partial charge in [-0.05, 0) is 48.7 Å². The molecule has 156 valence electrons. The fraction of sp³-hybridized carbons (Fsp3) is 0.318. The van der Waals surface area contributed by atoms with Crippen LogP contribution in [0.4, 0.5) is 4.39 Å². The largest absolute Gasteiger partial charge is 0.493 e. The molecule has 2 aromatic carbocycles. The average molecular weight is 411 g/mol. The third kappa shape index (κ3) is 3.98. The molecule has 8 heteroatoms. The van der Waals surface area contributed by atoms with Gasteiger partial charge in [0, 0.05) is 12.1 Å². The zero-order valence-corrected chi connectivity index (χ0v) is 16.8. The van der Waals surface area contributed by atoms with Gasteiger partial charge in [0.1, 0.15) is 11.9 Å². The molecule has 4 rings (SSSR count). The molecule has 1 saturated heterocycles. The number of benzene rings is 2. The van der Waals surface area contributed by atoms with Crippen LogP contribution in [-0.2, 0) is 11.2 Å². The van der Waals surface area contributed by atoms with Crippen LogP contribution in [0.2, 0.25) is 0 Å². The summed E-state index contributed by atoms with van der Waals surface area (Å²) < 4.78 is 29.2. The summed E-state index contributed by atoms with van der Waals surface area (Å²) in [5, 5.41) is 4.09. The predicted octanol–water partition coefficient (Wildman–Crippen LogP) is 3.80. The summed E-state index contributed by atoms with van der Waals surface area (Å²) in [4.78, 5) is 19.1. The van der Waals surface area contributed by atoms with Crippen LogP contribution in [-0.4, -0.2) is 41.7 Å². The summed E-state index contributed by atoms with van der Waals surface area (Å²) in [6, 6.07) is 11.1. The van der Waals surface area contributed by atoms with E-state index in [1.54, 1.807) is 43.4 Å². The number of carbonyl (C=O) groups is 1. The normalized spacial score (nSPS) is 16.0. The average Bonchev–Trinajstić information content (AvgIpc) is 3.44. The Labute approximate surface area is 173 Å². The Hall–Kier alpha value is -3.42. The second-order valence-electron chi connectivity index (χ2n) is 7.07. The topological polar surface area (TPSA) is 77.7 Å². The number of methoxy groups -OCH3 is 2. The van der Waals surface area contributed by atoms with E-state index in [-0.39, 0.29) is 24.2 Å². The lowest BCUT2D eigenvalue weighted by molar-refractivity contribution is -0.131. The second kappa shape index (κ2) is 8.52. The van der Waals surface area contributed by atoms with Crippen molar-refractivity contribution in [3.63, 3.8) is 0 Å². The van der Waals surface area contributed by atoms with Gasteiger partial charge in [-0.25, -0.2) is 4.39 Å². The standard InChI is InChI=1S/C22H22FN3O4/c1-28-18-10-7-15(13-19(18)29-2)21-24-22(30-25-21)17-4-3-11-26(17)20(27)12-14-5-8-16(23)9-6-14/h5-10,13,17H,3-4,11-12H2,1-2H3/t17-/m0/s1. The Morgan fingerprint density at radius 3 is 2.67 bits per heavy atom. The van der Waals surface area contributed by atoms with Gasteiger partial charge in [-0.2, -0.15) is 4.98 Å². The minimum atomic E-state index is -0.321. The van der Waals surface area contributed by atoms with Crippen LogP contribution in [0.1, 0.15) is 30.3 Å². The van der Waals surface area contributed by atoms with E-state index in [2.05, 4.69) is 10.1 Å². The van der Waals surface area contributed by atoms with E-state index in [9.17, 15) is 9.18 Å². The van der Waals surface area contributed by atoms with Gasteiger partial charge < -0.3 is 18.9 Å². The van der Waals surface area contributed by atoms with Crippen molar-refractivity contribution in [3.8, 4) is 22.9 Å². The van der Waals surface area contributed by atoms with Crippen LogP contribution < -0.4 is 9.47 Å². The molecule has 1 aliphatic rings. The fourth-order valence-corrected chi connectivity index (χ4v) is 3.66. The molecule has 0 N–H and O–H groups in total. The highest BCUT2D eigenvalue weighted by Gasteiger charge is 2.34. The number of halogens is 1. The lowest BCUT2D eigenvalue weighted by Crippen LogP contribution is -2.32. The van der Waals surface area contributed by atoms with E-state index in [1.165, 1.54) is 12.1 Å². The molecule has 1 amide bonds. The van der Waals surface area contributed by atoms with E-state index in [4.69, 9.17) is 14.0 Å². The molecule has 1 fully saturated rings. The van der Waals surface area contributed by atoms with Gasteiger partial charge in [0.25, 0.3) is 0 Å². The van der Waals surface area contributed by atoms with Crippen LogP contribution in [0.3, 0.4) is 0 Å². The third-order valence-corrected chi connectivity index (χ3v) is 5.21. The molecule has 0 saturated carbocycles. The maximum absolute atomic E-state index is 13.1. The number of aromatic nitrogens is 2. The van der Waals surface area contributed by atoms with Gasteiger partial charge in [-0.3, -0.25) is 4.79 Å². The summed E-state index contributed by atoms with van der Waals surface area (Å²) in [5.74, 6) is 1.64. The Morgan fingerprint density at radius 1 is 1.17 bits per heavy atom. The molecule has 0 spiro atoms. The Balaban J connectivity index is 1.52. The highest BCUT2D eigenvalue weighted by atomic mass is 19.1. The Morgan fingerprint density at radius 2 is 1.93 bits per heavy atom. The highest BCUT2D eigenvalue weighted by Crippen LogP contribution is 2.34. The molecular formula is C22H22FN3O4. The van der Waals surface area contributed by atoms with E-state index >= 15 is 0 Å². The van der Waals surface area contributed by atoms with Gasteiger partial charge in [0.2, 0.25) is 17.6 Å². The van der Waals surface area contributed by atoms with Crippen molar-refractivity contribution in [2.75, 3.05) is 20.8 Å². The van der Waals surface area contributed by atoms with Crippen LogP contribution in [0.5, 0.6) is 11.5 Å². The summed E-state index contributed by atoms with van der Waals surface area (Å²) in [6.45, 7) is 0.624. The van der Waals surface area contributed by atoms with E-state index < -0.39 is 0 Å². The predicted molar refractivity (Wildman–Crippen MR) is 107 cm³/mol. The molecule has 1 aliphatic heterocycles. The molecule has 0 bridgehead atoms. The molecule has 0 aliphatic carbocycles. The molecule has 0 unspecified atom stereocenters. The number of amides is 1. The first kappa shape index (κ1) is 19.9. The number of carbonyl (C=O) groups excluding carboxylic acids is 1. The van der Waals surface area contributed by atoms with E-state index in [0.717, 1.165) is 24.0 Å². The summed E-state index contributed by atoms with van der Waals surface area (Å²) in [5.41, 5.74) is 1.49. The van der Waals surface area contributed by atoms with Gasteiger partial charge >= 0.3 is 0 Å². The summed E-state index contributed by atoms with van der Waals surface area (Å²) in [7, 11) is 3.13. The number of nitrogens with zero attached hydrogens (tertiary/aromatic N) is 3. The number of hydrogen-bond donors (Lipinski definition) is 0. The minimum absolute atomic E-state index is 0.0463. The maximum Gasteiger partial charge on any atom is 0.249 e. The SMILES string of the molecule is COc1ccc(-c2noc([C@@H]3CCCN3C(=O)Cc3ccc(F)cc3)n2)cc1OC. The van der Waals surface area contributed by atoms with Crippen molar-refractivity contribution < 1.29 is 23.2 Å². The molecule has 3 aromatic rings. The van der Waals surface area contributed by atoms with E-state index in [0.29, 0.717) is 29.8 Å². The third-order valence-electron chi connectivity index (χ3n) is 5.21. The molecule has 0 radical (unpaired) electrons. The van der Waals surface area contributed by atoms with Crippen molar-refractivity contribution in [1.29, 1.82) is 0 Å². The van der Waals surface area contributed by atoms with Crippen molar-refractivity contribution in [2.45, 2.75) is 25.3 Å². The molecule has 1 aromatic heterocycles. The smallest absolute Gasteiger partial charge is 0.249 e. The number of hydrogen-bond acceptors (Lipinski definition) is 6. The van der Waals surface area contributed by atoms with Gasteiger partial charge in [-0.15, -0.1) is 0 Å². The monoisotopic (exact) mass is 411 g/mol. The van der Waals surface area contributed by atoms with Gasteiger partial charge in [-0.1, -0.05) is 17.3 Å². The van der Waals surface area contributed by atoms with Crippen molar-refractivity contribution in [3.05, 3.63) is 59.7 Å². The first-order valence-electron chi connectivity index (χ1n) is 9.69. The highest BCUT2D eigenvalue weighted by molar-refractivity contribution is 5.79. The lowest BCUT2D eigenvalue weighted by Gasteiger charge is -2.21.